The lowest BCUT2D eigenvalue weighted by atomic mass is 10.2. The molecule has 0 unspecified atom stereocenters. The third-order valence-electron chi connectivity index (χ3n) is 2.67. The van der Waals surface area contributed by atoms with Crippen molar-refractivity contribution in [2.24, 2.45) is 0 Å². The topological polar surface area (TPSA) is 72.6 Å². The molecule has 0 saturated heterocycles. The van der Waals surface area contributed by atoms with Crippen LogP contribution in [-0.4, -0.2) is 11.1 Å². The van der Waals surface area contributed by atoms with E-state index in [1.54, 1.807) is 0 Å². The highest BCUT2D eigenvalue weighted by molar-refractivity contribution is 5.89. The van der Waals surface area contributed by atoms with Gasteiger partial charge in [-0.25, -0.2) is 4.79 Å². The van der Waals surface area contributed by atoms with E-state index in [2.05, 4.69) is 0 Å². The fourth-order valence-corrected chi connectivity index (χ4v) is 1.59. The van der Waals surface area contributed by atoms with Gasteiger partial charge in [-0.2, -0.15) is 13.2 Å². The number of nitrogen functional groups attached to an aromatic ring is 1. The standard InChI is InChI=1S/C14H10F3NO3/c15-14(16,17)9-2-4-10(5-3-9)21-12-7-8(13(19)20)1-6-11(12)18/h1-7H,18H2,(H,19,20). The van der Waals surface area contributed by atoms with Crippen LogP contribution >= 0.6 is 0 Å². The summed E-state index contributed by atoms with van der Waals surface area (Å²) in [6.07, 6.45) is -4.43. The van der Waals surface area contributed by atoms with Crippen LogP contribution in [0.4, 0.5) is 18.9 Å². The monoisotopic (exact) mass is 297 g/mol. The molecule has 0 atom stereocenters. The maximum absolute atomic E-state index is 12.4. The third kappa shape index (κ3) is 3.44. The molecule has 2 rings (SSSR count). The largest absolute Gasteiger partial charge is 0.478 e. The number of anilines is 1. The summed E-state index contributed by atoms with van der Waals surface area (Å²) in [5.74, 6) is -0.973. The molecule has 0 bridgehead atoms. The SMILES string of the molecule is Nc1ccc(C(=O)O)cc1Oc1ccc(C(F)(F)F)cc1. The summed E-state index contributed by atoms with van der Waals surface area (Å²) in [6, 6.07) is 7.86. The molecule has 0 aliphatic rings. The van der Waals surface area contributed by atoms with Crippen LogP contribution in [0.25, 0.3) is 0 Å². The number of carboxylic acids is 1. The van der Waals surface area contributed by atoms with E-state index < -0.39 is 17.7 Å². The third-order valence-corrected chi connectivity index (χ3v) is 2.67. The first kappa shape index (κ1) is 14.7. The second-order valence-electron chi connectivity index (χ2n) is 4.18. The Morgan fingerprint density at radius 3 is 2.24 bits per heavy atom. The number of nitrogens with two attached hydrogens (primary N) is 1. The Balaban J connectivity index is 2.26. The Morgan fingerprint density at radius 1 is 1.10 bits per heavy atom. The molecular formula is C14H10F3NO3. The van der Waals surface area contributed by atoms with Gasteiger partial charge in [-0.15, -0.1) is 0 Å². The number of alkyl halides is 3. The van der Waals surface area contributed by atoms with Crippen LogP contribution in [-0.2, 0) is 6.18 Å². The van der Waals surface area contributed by atoms with E-state index in [0.29, 0.717) is 0 Å². The molecule has 21 heavy (non-hydrogen) atoms. The van der Waals surface area contributed by atoms with Gasteiger partial charge in [-0.05, 0) is 42.5 Å². The molecule has 0 aliphatic heterocycles. The predicted octanol–water partition coefficient (Wildman–Crippen LogP) is 3.78. The zero-order valence-corrected chi connectivity index (χ0v) is 10.5. The molecule has 0 radical (unpaired) electrons. The number of aromatic carboxylic acids is 1. The van der Waals surface area contributed by atoms with Gasteiger partial charge in [0, 0.05) is 0 Å². The van der Waals surface area contributed by atoms with Gasteiger partial charge in [0.2, 0.25) is 0 Å². The Kier molecular flexibility index (Phi) is 3.75. The summed E-state index contributed by atoms with van der Waals surface area (Å²) in [5, 5.41) is 8.87. The zero-order valence-electron chi connectivity index (χ0n) is 10.5. The van der Waals surface area contributed by atoms with Gasteiger partial charge < -0.3 is 15.6 Å². The van der Waals surface area contributed by atoms with Gasteiger partial charge in [-0.1, -0.05) is 0 Å². The highest BCUT2D eigenvalue weighted by Gasteiger charge is 2.30. The molecule has 0 fully saturated rings. The van der Waals surface area contributed by atoms with Crippen LogP contribution in [0.1, 0.15) is 15.9 Å². The van der Waals surface area contributed by atoms with E-state index in [-0.39, 0.29) is 22.7 Å². The highest BCUT2D eigenvalue weighted by Crippen LogP contribution is 2.33. The van der Waals surface area contributed by atoms with E-state index in [4.69, 9.17) is 15.6 Å². The summed E-state index contributed by atoms with van der Waals surface area (Å²) in [5.41, 5.74) is 4.98. The molecule has 110 valence electrons. The van der Waals surface area contributed by atoms with Crippen molar-refractivity contribution in [2.45, 2.75) is 6.18 Å². The normalized spacial score (nSPS) is 11.2. The summed E-state index contributed by atoms with van der Waals surface area (Å²) in [4.78, 5) is 10.9. The molecule has 0 spiro atoms. The highest BCUT2D eigenvalue weighted by atomic mass is 19.4. The summed E-state index contributed by atoms with van der Waals surface area (Å²) >= 11 is 0. The minimum absolute atomic E-state index is 0.0360. The lowest BCUT2D eigenvalue weighted by molar-refractivity contribution is -0.137. The van der Waals surface area contributed by atoms with E-state index in [1.165, 1.54) is 18.2 Å². The van der Waals surface area contributed by atoms with E-state index >= 15 is 0 Å². The molecule has 0 aliphatic carbocycles. The number of hydrogen-bond acceptors (Lipinski definition) is 3. The fourth-order valence-electron chi connectivity index (χ4n) is 1.59. The van der Waals surface area contributed by atoms with Crippen molar-refractivity contribution in [3.05, 3.63) is 53.6 Å². The number of hydrogen-bond donors (Lipinski definition) is 2. The van der Waals surface area contributed by atoms with E-state index in [0.717, 1.165) is 24.3 Å². The van der Waals surface area contributed by atoms with Crippen molar-refractivity contribution in [3.63, 3.8) is 0 Å². The van der Waals surface area contributed by atoms with E-state index in [9.17, 15) is 18.0 Å². The summed E-state index contributed by atoms with van der Waals surface area (Å²) < 4.78 is 42.6. The molecule has 2 aromatic carbocycles. The Hall–Kier alpha value is -2.70. The second kappa shape index (κ2) is 5.35. The number of rotatable bonds is 3. The molecule has 2 aromatic rings. The lowest BCUT2D eigenvalue weighted by Gasteiger charge is -2.11. The molecule has 4 nitrogen and oxygen atoms in total. The average Bonchev–Trinajstić information content (AvgIpc) is 2.40. The van der Waals surface area contributed by atoms with Gasteiger partial charge in [0.1, 0.15) is 5.75 Å². The molecule has 0 heterocycles. The number of carbonyl (C=O) groups is 1. The average molecular weight is 297 g/mol. The van der Waals surface area contributed by atoms with Gasteiger partial charge in [-0.3, -0.25) is 0 Å². The van der Waals surface area contributed by atoms with Gasteiger partial charge in [0.15, 0.2) is 5.75 Å². The van der Waals surface area contributed by atoms with Gasteiger partial charge in [0.05, 0.1) is 16.8 Å². The number of ether oxygens (including phenoxy) is 1. The minimum Gasteiger partial charge on any atom is -0.478 e. The number of carboxylic acid groups (broad SMARTS) is 1. The lowest BCUT2D eigenvalue weighted by Crippen LogP contribution is -2.04. The minimum atomic E-state index is -4.43. The van der Waals surface area contributed by atoms with Crippen LogP contribution in [0.2, 0.25) is 0 Å². The van der Waals surface area contributed by atoms with Crippen molar-refractivity contribution in [1.29, 1.82) is 0 Å². The number of benzene rings is 2. The predicted molar refractivity (Wildman–Crippen MR) is 69.3 cm³/mol. The maximum atomic E-state index is 12.4. The van der Waals surface area contributed by atoms with Crippen LogP contribution in [0.15, 0.2) is 42.5 Å². The van der Waals surface area contributed by atoms with Crippen LogP contribution in [0.5, 0.6) is 11.5 Å². The first-order chi connectivity index (χ1) is 9.77. The molecule has 0 aromatic heterocycles. The fraction of sp³-hybridized carbons (Fsp3) is 0.0714. The Morgan fingerprint density at radius 2 is 1.71 bits per heavy atom. The van der Waals surface area contributed by atoms with E-state index in [1.807, 2.05) is 0 Å². The van der Waals surface area contributed by atoms with Crippen molar-refractivity contribution >= 4 is 11.7 Å². The molecule has 3 N–H and O–H groups in total. The van der Waals surface area contributed by atoms with Gasteiger partial charge >= 0.3 is 12.1 Å². The van der Waals surface area contributed by atoms with Crippen molar-refractivity contribution in [1.82, 2.24) is 0 Å². The van der Waals surface area contributed by atoms with Crippen molar-refractivity contribution in [2.75, 3.05) is 5.73 Å². The maximum Gasteiger partial charge on any atom is 0.416 e. The molecule has 0 amide bonds. The first-order valence-corrected chi connectivity index (χ1v) is 5.75. The smallest absolute Gasteiger partial charge is 0.416 e. The quantitative estimate of drug-likeness (QED) is 0.846. The van der Waals surface area contributed by atoms with Gasteiger partial charge in [0.25, 0.3) is 0 Å². The van der Waals surface area contributed by atoms with Crippen LogP contribution in [0.3, 0.4) is 0 Å². The van der Waals surface area contributed by atoms with Crippen molar-refractivity contribution < 1.29 is 27.8 Å². The molecular weight excluding hydrogens is 287 g/mol. The zero-order chi connectivity index (χ0) is 15.6. The van der Waals surface area contributed by atoms with Crippen LogP contribution < -0.4 is 10.5 Å². The summed E-state index contributed by atoms with van der Waals surface area (Å²) in [6.45, 7) is 0. The molecule has 0 saturated carbocycles. The molecule has 7 heteroatoms. The Labute approximate surface area is 117 Å². The Bertz CT molecular complexity index is 666. The second-order valence-corrected chi connectivity index (χ2v) is 4.18. The van der Waals surface area contributed by atoms with Crippen LogP contribution in [0, 0.1) is 0 Å². The van der Waals surface area contributed by atoms with Crippen molar-refractivity contribution in [3.8, 4) is 11.5 Å². The summed E-state index contributed by atoms with van der Waals surface area (Å²) in [7, 11) is 0. The number of halogens is 3. The first-order valence-electron chi connectivity index (χ1n) is 5.75.